The van der Waals surface area contributed by atoms with E-state index in [9.17, 15) is 4.79 Å². The molecular weight excluding hydrogens is 324 g/mol. The van der Waals surface area contributed by atoms with Gasteiger partial charge >= 0.3 is 0 Å². The first-order chi connectivity index (χ1) is 12.7. The van der Waals surface area contributed by atoms with E-state index in [0.717, 1.165) is 50.9 Å². The second kappa shape index (κ2) is 7.07. The summed E-state index contributed by atoms with van der Waals surface area (Å²) in [6.45, 7) is 6.83. The Morgan fingerprint density at radius 3 is 2.77 bits per heavy atom. The molecule has 1 unspecified atom stereocenters. The molecule has 140 valence electrons. The third-order valence-corrected chi connectivity index (χ3v) is 6.31. The van der Waals surface area contributed by atoms with Crippen molar-refractivity contribution in [2.24, 2.45) is 0 Å². The van der Waals surface area contributed by atoms with Gasteiger partial charge in [0.25, 0.3) is 0 Å². The molecule has 3 heterocycles. The number of piperidine rings is 1. The standard InChI is InChI=1S/C22H30N2O2/c1-3-16-9-8-10-17-18-11-14-26-22(4-2,21(18)23-20(16)17)15-19(25)24-12-6-5-7-13-24/h8-10,23H,3-7,11-15H2,1-2H3. The number of amides is 1. The minimum atomic E-state index is -0.508. The van der Waals surface area contributed by atoms with Gasteiger partial charge in [0.15, 0.2) is 0 Å². The van der Waals surface area contributed by atoms with Crippen LogP contribution >= 0.6 is 0 Å². The van der Waals surface area contributed by atoms with Crippen LogP contribution in [0.2, 0.25) is 0 Å². The fraction of sp³-hybridized carbons (Fsp3) is 0.591. The average molecular weight is 354 g/mol. The average Bonchev–Trinajstić information content (AvgIpc) is 3.09. The molecule has 0 spiro atoms. The van der Waals surface area contributed by atoms with Gasteiger partial charge in [0.1, 0.15) is 5.60 Å². The molecule has 2 aromatic rings. The molecule has 1 fully saturated rings. The number of nitrogens with zero attached hydrogens (tertiary/aromatic N) is 1. The number of benzene rings is 1. The molecule has 1 N–H and O–H groups in total. The van der Waals surface area contributed by atoms with E-state index >= 15 is 0 Å². The number of carbonyl (C=O) groups is 1. The zero-order valence-electron chi connectivity index (χ0n) is 16.1. The van der Waals surface area contributed by atoms with Crippen LogP contribution < -0.4 is 0 Å². The van der Waals surface area contributed by atoms with Crippen molar-refractivity contribution in [1.82, 2.24) is 9.88 Å². The number of para-hydroxylation sites is 1. The fourth-order valence-electron chi connectivity index (χ4n) is 4.74. The number of aryl methyl sites for hydroxylation is 1. The van der Waals surface area contributed by atoms with Gasteiger partial charge in [0, 0.05) is 24.0 Å². The lowest BCUT2D eigenvalue weighted by molar-refractivity contribution is -0.143. The Morgan fingerprint density at radius 2 is 2.04 bits per heavy atom. The van der Waals surface area contributed by atoms with Crippen molar-refractivity contribution in [2.45, 2.75) is 64.4 Å². The molecule has 0 aliphatic carbocycles. The number of aromatic nitrogens is 1. The van der Waals surface area contributed by atoms with Gasteiger partial charge in [0.05, 0.1) is 18.7 Å². The molecule has 1 amide bonds. The number of carbonyl (C=O) groups excluding carboxylic acids is 1. The second-order valence-corrected chi connectivity index (χ2v) is 7.74. The van der Waals surface area contributed by atoms with Gasteiger partial charge in [-0.05, 0) is 49.7 Å². The number of rotatable bonds is 4. The maximum Gasteiger partial charge on any atom is 0.225 e. The van der Waals surface area contributed by atoms with Crippen molar-refractivity contribution in [3.63, 3.8) is 0 Å². The summed E-state index contributed by atoms with van der Waals surface area (Å²) in [7, 11) is 0. The molecule has 1 aromatic carbocycles. The van der Waals surface area contributed by atoms with E-state index in [1.54, 1.807) is 0 Å². The van der Waals surface area contributed by atoms with Gasteiger partial charge in [0.2, 0.25) is 5.91 Å². The molecule has 1 aromatic heterocycles. The molecule has 1 atom stereocenters. The van der Waals surface area contributed by atoms with Crippen molar-refractivity contribution in [3.8, 4) is 0 Å². The minimum Gasteiger partial charge on any atom is -0.368 e. The Hall–Kier alpha value is -1.81. The van der Waals surface area contributed by atoms with E-state index in [1.165, 1.54) is 28.5 Å². The van der Waals surface area contributed by atoms with Crippen LogP contribution in [0.25, 0.3) is 10.9 Å². The molecule has 26 heavy (non-hydrogen) atoms. The zero-order valence-corrected chi connectivity index (χ0v) is 16.1. The van der Waals surface area contributed by atoms with Crippen molar-refractivity contribution >= 4 is 16.8 Å². The van der Waals surface area contributed by atoms with Crippen LogP contribution in [0.3, 0.4) is 0 Å². The Bertz CT molecular complexity index is 804. The van der Waals surface area contributed by atoms with Crippen LogP contribution in [0.1, 0.15) is 62.8 Å². The highest BCUT2D eigenvalue weighted by molar-refractivity contribution is 5.88. The number of hydrogen-bond acceptors (Lipinski definition) is 2. The first-order valence-corrected chi connectivity index (χ1v) is 10.2. The van der Waals surface area contributed by atoms with Crippen LogP contribution in [0, 0.1) is 0 Å². The summed E-state index contributed by atoms with van der Waals surface area (Å²) in [6, 6.07) is 6.55. The minimum absolute atomic E-state index is 0.244. The Labute approximate surface area is 155 Å². The first kappa shape index (κ1) is 17.6. The van der Waals surface area contributed by atoms with Gasteiger partial charge < -0.3 is 14.6 Å². The number of H-pyrrole nitrogens is 1. The number of nitrogens with one attached hydrogen (secondary N) is 1. The maximum atomic E-state index is 13.0. The third kappa shape index (κ3) is 2.84. The molecule has 0 bridgehead atoms. The summed E-state index contributed by atoms with van der Waals surface area (Å²) < 4.78 is 6.33. The highest BCUT2D eigenvalue weighted by Crippen LogP contribution is 2.42. The normalized spacial score (nSPS) is 23.2. The van der Waals surface area contributed by atoms with E-state index in [4.69, 9.17) is 4.74 Å². The Kier molecular flexibility index (Phi) is 4.78. The summed E-state index contributed by atoms with van der Waals surface area (Å²) in [6.07, 6.45) is 6.68. The summed E-state index contributed by atoms with van der Waals surface area (Å²) in [5, 5.41) is 1.31. The van der Waals surface area contributed by atoms with E-state index in [-0.39, 0.29) is 5.91 Å². The number of aromatic amines is 1. The quantitative estimate of drug-likeness (QED) is 0.889. The van der Waals surface area contributed by atoms with Gasteiger partial charge in [-0.2, -0.15) is 0 Å². The van der Waals surface area contributed by atoms with Crippen molar-refractivity contribution in [1.29, 1.82) is 0 Å². The monoisotopic (exact) mass is 354 g/mol. The van der Waals surface area contributed by atoms with Crippen LogP contribution in [0.5, 0.6) is 0 Å². The van der Waals surface area contributed by atoms with E-state index < -0.39 is 5.60 Å². The third-order valence-electron chi connectivity index (χ3n) is 6.31. The van der Waals surface area contributed by atoms with Crippen molar-refractivity contribution in [3.05, 3.63) is 35.0 Å². The molecule has 4 rings (SSSR count). The topological polar surface area (TPSA) is 45.3 Å². The summed E-state index contributed by atoms with van der Waals surface area (Å²) in [4.78, 5) is 18.7. The van der Waals surface area contributed by atoms with E-state index in [0.29, 0.717) is 13.0 Å². The predicted molar refractivity (Wildman–Crippen MR) is 104 cm³/mol. The molecule has 0 radical (unpaired) electrons. The highest BCUT2D eigenvalue weighted by atomic mass is 16.5. The second-order valence-electron chi connectivity index (χ2n) is 7.74. The summed E-state index contributed by atoms with van der Waals surface area (Å²) in [5.41, 5.74) is 4.56. The molecule has 1 saturated heterocycles. The summed E-state index contributed by atoms with van der Waals surface area (Å²) >= 11 is 0. The van der Waals surface area contributed by atoms with Crippen molar-refractivity contribution < 1.29 is 9.53 Å². The molecule has 2 aliphatic rings. The first-order valence-electron chi connectivity index (χ1n) is 10.2. The van der Waals surface area contributed by atoms with Crippen molar-refractivity contribution in [2.75, 3.05) is 19.7 Å². The maximum absolute atomic E-state index is 13.0. The highest BCUT2D eigenvalue weighted by Gasteiger charge is 2.41. The van der Waals surface area contributed by atoms with Crippen LogP contribution in [-0.4, -0.2) is 35.5 Å². The van der Waals surface area contributed by atoms with Gasteiger partial charge in [-0.3, -0.25) is 4.79 Å². The van der Waals surface area contributed by atoms with E-state index in [2.05, 4.69) is 37.0 Å². The van der Waals surface area contributed by atoms with E-state index in [1.807, 2.05) is 4.90 Å². The lowest BCUT2D eigenvalue weighted by Gasteiger charge is -2.38. The number of fused-ring (bicyclic) bond motifs is 3. The Morgan fingerprint density at radius 1 is 1.23 bits per heavy atom. The largest absolute Gasteiger partial charge is 0.368 e. The lowest BCUT2D eigenvalue weighted by atomic mass is 9.85. The van der Waals surface area contributed by atoms with Gasteiger partial charge in [-0.1, -0.05) is 32.0 Å². The Balaban J connectivity index is 1.73. The number of likely N-dealkylation sites (tertiary alicyclic amines) is 1. The van der Waals surface area contributed by atoms with Crippen LogP contribution in [0.4, 0.5) is 0 Å². The fourth-order valence-corrected chi connectivity index (χ4v) is 4.74. The molecular formula is C22H30N2O2. The lowest BCUT2D eigenvalue weighted by Crippen LogP contribution is -2.43. The smallest absolute Gasteiger partial charge is 0.225 e. The number of hydrogen-bond donors (Lipinski definition) is 1. The zero-order chi connectivity index (χ0) is 18.1. The summed E-state index contributed by atoms with van der Waals surface area (Å²) in [5.74, 6) is 0.244. The molecule has 4 heteroatoms. The SMILES string of the molecule is CCc1cccc2c3c([nH]c12)C(CC)(CC(=O)N1CCCCC1)OCC3. The van der Waals surface area contributed by atoms with Gasteiger partial charge in [-0.15, -0.1) is 0 Å². The molecule has 4 nitrogen and oxygen atoms in total. The van der Waals surface area contributed by atoms with Crippen LogP contribution in [-0.2, 0) is 28.0 Å². The molecule has 0 saturated carbocycles. The van der Waals surface area contributed by atoms with Gasteiger partial charge in [-0.25, -0.2) is 0 Å². The number of ether oxygens (including phenoxy) is 1. The molecule has 2 aliphatic heterocycles. The predicted octanol–water partition coefficient (Wildman–Crippen LogP) is 4.31. The van der Waals surface area contributed by atoms with Crippen LogP contribution in [0.15, 0.2) is 18.2 Å².